The van der Waals surface area contributed by atoms with Gasteiger partial charge in [0.05, 0.1) is 16.6 Å². The summed E-state index contributed by atoms with van der Waals surface area (Å²) in [5, 5.41) is 0. The number of aromatic nitrogens is 2. The first kappa shape index (κ1) is 15.5. The summed E-state index contributed by atoms with van der Waals surface area (Å²) in [6.07, 6.45) is 4.29. The maximum Gasteiger partial charge on any atom is 0.150 e. The van der Waals surface area contributed by atoms with Crippen molar-refractivity contribution < 1.29 is 13.0 Å². The maximum absolute atomic E-state index is 13.6. The molecule has 2 rings (SSSR count). The van der Waals surface area contributed by atoms with Crippen molar-refractivity contribution in [3.8, 4) is 5.69 Å². The molecule has 0 saturated carbocycles. The van der Waals surface area contributed by atoms with Gasteiger partial charge in [0.25, 0.3) is 0 Å². The van der Waals surface area contributed by atoms with E-state index in [-0.39, 0.29) is 5.69 Å². The summed E-state index contributed by atoms with van der Waals surface area (Å²) in [5.41, 5.74) is 0.622. The smallest absolute Gasteiger partial charge is 0.150 e. The monoisotopic (exact) mass is 311 g/mol. The van der Waals surface area contributed by atoms with Crippen molar-refractivity contribution in [1.29, 1.82) is 0 Å². The maximum atomic E-state index is 13.6. The van der Waals surface area contributed by atoms with Crippen molar-refractivity contribution >= 4 is 17.2 Å². The average Bonchev–Trinajstić information content (AvgIpc) is 2.83. The van der Waals surface area contributed by atoms with Gasteiger partial charge in [-0.15, -0.1) is 0 Å². The van der Waals surface area contributed by atoms with Crippen molar-refractivity contribution in [1.82, 2.24) is 9.55 Å². The van der Waals surface area contributed by atoms with Crippen LogP contribution in [0.15, 0.2) is 35.1 Å². The molecule has 0 amide bonds. The van der Waals surface area contributed by atoms with Gasteiger partial charge in [-0.1, -0.05) is 0 Å². The molecule has 7 heteroatoms. The quantitative estimate of drug-likeness (QED) is 0.818. The van der Waals surface area contributed by atoms with Gasteiger partial charge in [0.2, 0.25) is 0 Å². The van der Waals surface area contributed by atoms with Gasteiger partial charge in [-0.3, -0.25) is 0 Å². The Morgan fingerprint density at radius 3 is 2.67 bits per heavy atom. The molecule has 0 bridgehead atoms. The van der Waals surface area contributed by atoms with E-state index in [2.05, 4.69) is 9.38 Å². The largest absolute Gasteiger partial charge is 0.303 e. The van der Waals surface area contributed by atoms with E-state index in [0.717, 1.165) is 6.07 Å². The van der Waals surface area contributed by atoms with E-state index < -0.39 is 27.4 Å². The van der Waals surface area contributed by atoms with Crippen LogP contribution < -0.4 is 0 Å². The van der Waals surface area contributed by atoms with Gasteiger partial charge in [0.15, 0.2) is 0 Å². The van der Waals surface area contributed by atoms with E-state index in [1.165, 1.54) is 35.4 Å². The summed E-state index contributed by atoms with van der Waals surface area (Å²) in [6, 6.07) is 3.29. The van der Waals surface area contributed by atoms with Crippen molar-refractivity contribution in [2.45, 2.75) is 25.5 Å². The highest BCUT2D eigenvalue weighted by Crippen LogP contribution is 2.15. The van der Waals surface area contributed by atoms with Gasteiger partial charge in [0, 0.05) is 12.3 Å². The Morgan fingerprint density at radius 2 is 2.05 bits per heavy atom. The molecule has 0 aliphatic heterocycles. The third-order valence-corrected chi connectivity index (χ3v) is 3.94. The van der Waals surface area contributed by atoms with Crippen LogP contribution >= 0.6 is 0 Å². The van der Waals surface area contributed by atoms with Crippen LogP contribution in [0.4, 0.5) is 8.78 Å². The molecule has 0 saturated heterocycles. The molecule has 0 fully saturated rings. The zero-order valence-electron chi connectivity index (χ0n) is 11.9. The van der Waals surface area contributed by atoms with Gasteiger partial charge in [0.1, 0.15) is 34.6 Å². The summed E-state index contributed by atoms with van der Waals surface area (Å²) in [6.45, 7) is 5.44. The minimum absolute atomic E-state index is 0.181. The number of nitrogens with zero attached hydrogens (tertiary/aromatic N) is 3. The number of benzene rings is 1. The Morgan fingerprint density at radius 1 is 1.33 bits per heavy atom. The second kappa shape index (κ2) is 5.85. The average molecular weight is 311 g/mol. The highest BCUT2D eigenvalue weighted by Gasteiger charge is 2.18. The van der Waals surface area contributed by atoms with Gasteiger partial charge in [-0.05, 0) is 32.9 Å². The van der Waals surface area contributed by atoms with E-state index in [9.17, 15) is 13.0 Å². The van der Waals surface area contributed by atoms with E-state index in [1.54, 1.807) is 0 Å². The predicted molar refractivity (Wildman–Crippen MR) is 79.0 cm³/mol. The topological polar surface area (TPSA) is 47.2 Å². The molecule has 21 heavy (non-hydrogen) atoms. The minimum atomic E-state index is -1.38. The van der Waals surface area contributed by atoms with Gasteiger partial charge in [-0.2, -0.15) is 4.40 Å². The molecule has 0 spiro atoms. The first-order chi connectivity index (χ1) is 9.77. The lowest BCUT2D eigenvalue weighted by Crippen LogP contribution is -2.19. The van der Waals surface area contributed by atoms with Crippen LogP contribution in [0.2, 0.25) is 0 Å². The van der Waals surface area contributed by atoms with E-state index in [4.69, 9.17) is 0 Å². The Hall–Kier alpha value is -1.89. The van der Waals surface area contributed by atoms with Crippen LogP contribution in [0.5, 0.6) is 0 Å². The lowest BCUT2D eigenvalue weighted by atomic mass is 10.3. The summed E-state index contributed by atoms with van der Waals surface area (Å²) in [4.78, 5) is 4.03. The summed E-state index contributed by atoms with van der Waals surface area (Å²) in [7, 11) is -1.38. The second-order valence-corrected chi connectivity index (χ2v) is 7.33. The van der Waals surface area contributed by atoms with E-state index in [0.29, 0.717) is 5.69 Å². The number of halogens is 2. The Bertz CT molecular complexity index is 704. The predicted octanol–water partition coefficient (Wildman–Crippen LogP) is 3.03. The van der Waals surface area contributed by atoms with Gasteiger partial charge in [-0.25, -0.2) is 18.0 Å². The lowest BCUT2D eigenvalue weighted by Gasteiger charge is -2.12. The van der Waals surface area contributed by atoms with Crippen molar-refractivity contribution in [3.05, 3.63) is 48.1 Å². The fourth-order valence-electron chi connectivity index (χ4n) is 1.49. The fraction of sp³-hybridized carbons (Fsp3) is 0.286. The van der Waals surface area contributed by atoms with Crippen molar-refractivity contribution in [2.24, 2.45) is 4.40 Å². The van der Waals surface area contributed by atoms with E-state index >= 15 is 0 Å². The molecule has 0 unspecified atom stereocenters. The third kappa shape index (κ3) is 3.81. The van der Waals surface area contributed by atoms with Crippen LogP contribution in [-0.2, 0) is 11.0 Å². The molecule has 0 aliphatic rings. The SMILES string of the molecule is CC(C)(C)[S@](=O)N=Cc1cn(-c2ccc(F)cc2F)cn1. The van der Waals surface area contributed by atoms with Gasteiger partial charge >= 0.3 is 0 Å². The molecule has 0 radical (unpaired) electrons. The Kier molecular flexibility index (Phi) is 4.32. The number of imidazole rings is 1. The number of rotatable bonds is 3. The highest BCUT2D eigenvalue weighted by molar-refractivity contribution is 7.85. The summed E-state index contributed by atoms with van der Waals surface area (Å²) >= 11 is 0. The standard InChI is InChI=1S/C14H15F2N3OS/c1-14(2,3)21(20)18-7-11-8-19(9-17-11)13-5-4-10(15)6-12(13)16/h4-9H,1-3H3/t21-/m0/s1. The molecular weight excluding hydrogens is 296 g/mol. The molecule has 0 aliphatic carbocycles. The molecule has 2 aromatic rings. The first-order valence-corrected chi connectivity index (χ1v) is 7.33. The Balaban J connectivity index is 2.22. The lowest BCUT2D eigenvalue weighted by molar-refractivity contribution is 0.578. The molecule has 1 heterocycles. The van der Waals surface area contributed by atoms with Crippen LogP contribution in [0.25, 0.3) is 5.69 Å². The van der Waals surface area contributed by atoms with Crippen molar-refractivity contribution in [2.75, 3.05) is 0 Å². The molecular formula is C14H15F2N3OS. The first-order valence-electron chi connectivity index (χ1n) is 6.23. The van der Waals surface area contributed by atoms with Gasteiger partial charge < -0.3 is 4.57 Å². The zero-order chi connectivity index (χ0) is 15.6. The van der Waals surface area contributed by atoms with E-state index in [1.807, 2.05) is 20.8 Å². The fourth-order valence-corrected chi connectivity index (χ4v) is 2.01. The highest BCUT2D eigenvalue weighted by atomic mass is 32.2. The molecule has 4 nitrogen and oxygen atoms in total. The van der Waals surface area contributed by atoms with Crippen LogP contribution in [-0.4, -0.2) is 24.7 Å². The normalized spacial score (nSPS) is 13.8. The Labute approximate surface area is 124 Å². The molecule has 1 aromatic carbocycles. The van der Waals surface area contributed by atoms with Crippen LogP contribution in [0.1, 0.15) is 26.5 Å². The third-order valence-electron chi connectivity index (χ3n) is 2.60. The molecule has 0 N–H and O–H groups in total. The molecule has 112 valence electrons. The summed E-state index contributed by atoms with van der Waals surface area (Å²) in [5.74, 6) is -1.33. The van der Waals surface area contributed by atoms with Crippen LogP contribution in [0.3, 0.4) is 0 Å². The molecule has 1 atom stereocenters. The van der Waals surface area contributed by atoms with Crippen LogP contribution in [0, 0.1) is 11.6 Å². The number of hydrogen-bond acceptors (Lipinski definition) is 2. The van der Waals surface area contributed by atoms with Crippen molar-refractivity contribution in [3.63, 3.8) is 0 Å². The summed E-state index contributed by atoms with van der Waals surface area (Å²) < 4.78 is 43.2. The molecule has 1 aromatic heterocycles. The second-order valence-electron chi connectivity index (χ2n) is 5.40. The number of hydrogen-bond donors (Lipinski definition) is 0. The minimum Gasteiger partial charge on any atom is -0.303 e. The zero-order valence-corrected chi connectivity index (χ0v) is 12.7.